The molecule has 2 aromatic heterocycles. The van der Waals surface area contributed by atoms with Crippen LogP contribution < -0.4 is 15.4 Å². The number of fused-ring (bicyclic) bond motifs is 1. The molecule has 4 N–H and O–H groups in total. The second kappa shape index (κ2) is 10.5. The van der Waals surface area contributed by atoms with Gasteiger partial charge in [0.05, 0.1) is 12.8 Å². The molecule has 0 amide bonds. The third-order valence-corrected chi connectivity index (χ3v) is 5.30. The van der Waals surface area contributed by atoms with Gasteiger partial charge in [0.25, 0.3) is 0 Å². The summed E-state index contributed by atoms with van der Waals surface area (Å²) in [6.45, 7) is 0.913. The van der Waals surface area contributed by atoms with Crippen LogP contribution in [0.5, 0.6) is 5.75 Å². The summed E-state index contributed by atoms with van der Waals surface area (Å²) in [6, 6.07) is 16.1. The van der Waals surface area contributed by atoms with E-state index in [1.54, 1.807) is 20.4 Å². The first-order valence-corrected chi connectivity index (χ1v) is 10.3. The number of aromatic nitrogens is 2. The van der Waals surface area contributed by atoms with Crippen molar-refractivity contribution in [3.63, 3.8) is 0 Å². The van der Waals surface area contributed by atoms with E-state index in [1.807, 2.05) is 58.4 Å². The Kier molecular flexibility index (Phi) is 7.51. The molecule has 0 saturated carbocycles. The smallest absolute Gasteiger partial charge is 0.214 e. The molecule has 0 bridgehead atoms. The number of nitrogens with two attached hydrogens (primary N) is 1. The Labute approximate surface area is 187 Å². The van der Waals surface area contributed by atoms with Crippen LogP contribution in [0, 0.1) is 0 Å². The van der Waals surface area contributed by atoms with E-state index in [9.17, 15) is 0 Å². The molecule has 0 radical (unpaired) electrons. The zero-order chi connectivity index (χ0) is 21.6. The topological polar surface area (TPSA) is 113 Å². The molecular formula is C24H29N5O3. The summed E-state index contributed by atoms with van der Waals surface area (Å²) in [4.78, 5) is 6.05. The van der Waals surface area contributed by atoms with Crippen molar-refractivity contribution in [1.29, 1.82) is 0 Å². The van der Waals surface area contributed by atoms with E-state index in [2.05, 4.69) is 22.2 Å². The Morgan fingerprint density at radius 1 is 1.19 bits per heavy atom. The lowest BCUT2D eigenvalue weighted by molar-refractivity contribution is 0.415. The number of aliphatic imine (C=N–C) groups is 1. The molecule has 32 heavy (non-hydrogen) atoms. The van der Waals surface area contributed by atoms with E-state index in [4.69, 9.17) is 14.9 Å². The molecule has 0 aliphatic heterocycles. The second-order valence-corrected chi connectivity index (χ2v) is 7.28. The number of guanidine groups is 1. The second-order valence-electron chi connectivity index (χ2n) is 7.28. The van der Waals surface area contributed by atoms with Gasteiger partial charge in [0, 0.05) is 36.8 Å². The lowest BCUT2D eigenvalue weighted by Crippen LogP contribution is -2.33. The SMILES string of the molecule is CN=C(N)N(c1cc(CCCCn2cccn2)ccc1OC)c1occ2ccccc12.O. The van der Waals surface area contributed by atoms with E-state index >= 15 is 0 Å². The maximum atomic E-state index is 6.33. The number of methoxy groups -OCH3 is 1. The summed E-state index contributed by atoms with van der Waals surface area (Å²) in [5.74, 6) is 1.65. The first kappa shape index (κ1) is 22.9. The molecule has 8 nitrogen and oxygen atoms in total. The number of aryl methyl sites for hydroxylation is 2. The first-order valence-electron chi connectivity index (χ1n) is 10.3. The van der Waals surface area contributed by atoms with Gasteiger partial charge in [-0.15, -0.1) is 0 Å². The number of benzene rings is 2. The first-order chi connectivity index (χ1) is 15.2. The summed E-state index contributed by atoms with van der Waals surface area (Å²) in [5, 5.41) is 6.22. The largest absolute Gasteiger partial charge is 0.495 e. The molecular weight excluding hydrogens is 406 g/mol. The van der Waals surface area contributed by atoms with Crippen LogP contribution in [0.1, 0.15) is 18.4 Å². The van der Waals surface area contributed by atoms with Crippen LogP contribution in [-0.4, -0.2) is 35.4 Å². The molecule has 0 unspecified atom stereocenters. The number of hydrogen-bond acceptors (Lipinski definition) is 4. The third-order valence-electron chi connectivity index (χ3n) is 5.30. The Bertz CT molecular complexity index is 1170. The zero-order valence-corrected chi connectivity index (χ0v) is 18.4. The summed E-state index contributed by atoms with van der Waals surface area (Å²) in [5.41, 5.74) is 8.33. The van der Waals surface area contributed by atoms with E-state index in [-0.39, 0.29) is 5.48 Å². The van der Waals surface area contributed by atoms with Crippen molar-refractivity contribution >= 4 is 28.3 Å². The average Bonchev–Trinajstić information content (AvgIpc) is 3.47. The molecule has 4 rings (SSSR count). The van der Waals surface area contributed by atoms with Crippen molar-refractivity contribution in [2.45, 2.75) is 25.8 Å². The summed E-state index contributed by atoms with van der Waals surface area (Å²) < 4.78 is 13.5. The number of unbranched alkanes of at least 4 members (excludes halogenated alkanes) is 1. The van der Waals surface area contributed by atoms with Crippen LogP contribution in [0.15, 0.2) is 76.6 Å². The molecule has 4 aromatic rings. The highest BCUT2D eigenvalue weighted by atomic mass is 16.5. The molecule has 2 heterocycles. The van der Waals surface area contributed by atoms with Crippen LogP contribution in [0.2, 0.25) is 0 Å². The van der Waals surface area contributed by atoms with E-state index in [0.29, 0.717) is 17.6 Å². The van der Waals surface area contributed by atoms with Gasteiger partial charge in [-0.05, 0) is 49.1 Å². The Morgan fingerprint density at radius 3 is 2.78 bits per heavy atom. The maximum absolute atomic E-state index is 6.33. The molecule has 0 atom stereocenters. The van der Waals surface area contributed by atoms with Crippen LogP contribution >= 0.6 is 0 Å². The van der Waals surface area contributed by atoms with Crippen LogP contribution in [0.4, 0.5) is 11.6 Å². The third kappa shape index (κ3) is 4.76. The van der Waals surface area contributed by atoms with Gasteiger partial charge < -0.3 is 20.4 Å². The summed E-state index contributed by atoms with van der Waals surface area (Å²) in [6.07, 6.45) is 8.56. The highest BCUT2D eigenvalue weighted by Gasteiger charge is 2.23. The van der Waals surface area contributed by atoms with Crippen LogP contribution in [-0.2, 0) is 13.0 Å². The van der Waals surface area contributed by atoms with Gasteiger partial charge in [-0.1, -0.05) is 24.3 Å². The predicted molar refractivity (Wildman–Crippen MR) is 128 cm³/mol. The number of nitrogens with zero attached hydrogens (tertiary/aromatic N) is 4. The number of furan rings is 1. The molecule has 0 aliphatic carbocycles. The maximum Gasteiger partial charge on any atom is 0.214 e. The highest BCUT2D eigenvalue weighted by molar-refractivity contribution is 6.08. The van der Waals surface area contributed by atoms with Gasteiger partial charge in [0.15, 0.2) is 0 Å². The number of rotatable bonds is 8. The minimum atomic E-state index is 0. The van der Waals surface area contributed by atoms with E-state index < -0.39 is 0 Å². The minimum Gasteiger partial charge on any atom is -0.495 e. The number of anilines is 2. The van der Waals surface area contributed by atoms with Gasteiger partial charge in [0.2, 0.25) is 11.8 Å². The van der Waals surface area contributed by atoms with Crippen molar-refractivity contribution in [1.82, 2.24) is 9.78 Å². The number of ether oxygens (including phenoxy) is 1. The van der Waals surface area contributed by atoms with E-state index in [1.165, 1.54) is 5.56 Å². The molecule has 0 saturated heterocycles. The van der Waals surface area contributed by atoms with E-state index in [0.717, 1.165) is 42.3 Å². The van der Waals surface area contributed by atoms with Gasteiger partial charge in [-0.25, -0.2) is 4.90 Å². The standard InChI is InChI=1S/C24H27N5O2.H2O/c1-26-24(25)29(23-20-10-4-3-9-19(20)17-31-23)21-16-18(11-12-22(21)30-2)8-5-6-14-28-15-7-13-27-28;/h3-4,7,9-13,15-17H,5-6,8,14H2,1-2H3,(H2,25,26);1H2. The molecule has 0 spiro atoms. The van der Waals surface area contributed by atoms with Gasteiger partial charge in [-0.2, -0.15) is 5.10 Å². The minimum absolute atomic E-state index is 0. The summed E-state index contributed by atoms with van der Waals surface area (Å²) >= 11 is 0. The van der Waals surface area contributed by atoms with Gasteiger partial charge >= 0.3 is 0 Å². The Hall–Kier alpha value is -3.78. The monoisotopic (exact) mass is 435 g/mol. The Balaban J connectivity index is 0.00000289. The lowest BCUT2D eigenvalue weighted by atomic mass is 10.1. The van der Waals surface area contributed by atoms with Gasteiger partial charge in [0.1, 0.15) is 12.0 Å². The number of hydrogen-bond donors (Lipinski definition) is 1. The van der Waals surface area contributed by atoms with Crippen LogP contribution in [0.3, 0.4) is 0 Å². The zero-order valence-electron chi connectivity index (χ0n) is 18.4. The fourth-order valence-corrected chi connectivity index (χ4v) is 3.69. The Morgan fingerprint density at radius 2 is 2.03 bits per heavy atom. The van der Waals surface area contributed by atoms with Gasteiger partial charge in [-0.3, -0.25) is 9.67 Å². The predicted octanol–water partition coefficient (Wildman–Crippen LogP) is 3.92. The summed E-state index contributed by atoms with van der Waals surface area (Å²) in [7, 11) is 3.32. The van der Waals surface area contributed by atoms with Crippen molar-refractivity contribution < 1.29 is 14.6 Å². The fourth-order valence-electron chi connectivity index (χ4n) is 3.69. The van der Waals surface area contributed by atoms with Crippen LogP contribution in [0.25, 0.3) is 10.8 Å². The van der Waals surface area contributed by atoms with Crippen molar-refractivity contribution in [2.24, 2.45) is 10.7 Å². The van der Waals surface area contributed by atoms with Crippen molar-refractivity contribution in [3.05, 3.63) is 72.8 Å². The normalized spacial score (nSPS) is 11.4. The quantitative estimate of drug-likeness (QED) is 0.256. The molecule has 0 fully saturated rings. The average molecular weight is 436 g/mol. The fraction of sp³-hybridized carbons (Fsp3) is 0.250. The highest BCUT2D eigenvalue weighted by Crippen LogP contribution is 2.39. The lowest BCUT2D eigenvalue weighted by Gasteiger charge is -2.24. The van der Waals surface area contributed by atoms with Crippen molar-refractivity contribution in [2.75, 3.05) is 19.1 Å². The molecule has 8 heteroatoms. The molecule has 2 aromatic carbocycles. The van der Waals surface area contributed by atoms with Crippen molar-refractivity contribution in [3.8, 4) is 5.75 Å². The molecule has 168 valence electrons. The molecule has 0 aliphatic rings.